The minimum atomic E-state index is -0.705. The molecular weight excluding hydrogens is 566 g/mol. The van der Waals surface area contributed by atoms with Crippen molar-refractivity contribution in [3.05, 3.63) is 78.0 Å². The van der Waals surface area contributed by atoms with E-state index in [1.165, 1.54) is 0 Å². The number of hydrogen-bond acceptors (Lipinski definition) is 6. The molecule has 3 atom stereocenters. The number of ether oxygens (including phenoxy) is 2. The molecule has 45 heavy (non-hydrogen) atoms. The van der Waals surface area contributed by atoms with Gasteiger partial charge < -0.3 is 19.5 Å². The molecule has 2 aromatic carbocycles. The van der Waals surface area contributed by atoms with Gasteiger partial charge in [-0.2, -0.15) is 0 Å². The van der Waals surface area contributed by atoms with Crippen LogP contribution in [0.5, 0.6) is 11.5 Å². The summed E-state index contributed by atoms with van der Waals surface area (Å²) in [6.07, 6.45) is 5.20. The normalized spacial score (nSPS) is 19.1. The van der Waals surface area contributed by atoms with Crippen molar-refractivity contribution in [2.24, 2.45) is 29.1 Å². The van der Waals surface area contributed by atoms with Crippen LogP contribution in [0.1, 0.15) is 62.9 Å². The van der Waals surface area contributed by atoms with Gasteiger partial charge in [0.25, 0.3) is 5.91 Å². The van der Waals surface area contributed by atoms with Crippen molar-refractivity contribution in [2.75, 3.05) is 43.2 Å². The average Bonchev–Trinajstić information content (AvgIpc) is 3.87. The number of nitrogens with zero attached hydrogens (tertiary/aromatic N) is 3. The fourth-order valence-corrected chi connectivity index (χ4v) is 6.31. The number of carboxylic acids is 1. The Morgan fingerprint density at radius 1 is 1.04 bits per heavy atom. The second-order valence-electron chi connectivity index (χ2n) is 13.9. The molecule has 1 saturated carbocycles. The van der Waals surface area contributed by atoms with Gasteiger partial charge in [0.05, 0.1) is 30.9 Å². The number of rotatable bonds is 12. The first-order valence-electron chi connectivity index (χ1n) is 16.1. The predicted molar refractivity (Wildman–Crippen MR) is 177 cm³/mol. The Morgan fingerprint density at radius 3 is 2.49 bits per heavy atom. The number of carboxylic acid groups (broad SMARTS) is 1. The largest absolute Gasteiger partial charge is 0.497 e. The van der Waals surface area contributed by atoms with E-state index in [0.29, 0.717) is 54.5 Å². The third-order valence-electron chi connectivity index (χ3n) is 8.99. The van der Waals surface area contributed by atoms with Crippen molar-refractivity contribution in [1.29, 1.82) is 0 Å². The summed E-state index contributed by atoms with van der Waals surface area (Å²) >= 11 is 0. The van der Waals surface area contributed by atoms with Crippen molar-refractivity contribution in [1.82, 2.24) is 4.98 Å². The molecule has 0 spiro atoms. The van der Waals surface area contributed by atoms with Crippen molar-refractivity contribution in [3.8, 4) is 11.5 Å². The minimum Gasteiger partial charge on any atom is -0.497 e. The molecular formula is C37H47N3O5. The van der Waals surface area contributed by atoms with Crippen LogP contribution in [0.4, 0.5) is 11.5 Å². The van der Waals surface area contributed by atoms with E-state index in [0.717, 1.165) is 49.4 Å². The van der Waals surface area contributed by atoms with E-state index in [2.05, 4.69) is 37.6 Å². The number of anilines is 2. The van der Waals surface area contributed by atoms with Gasteiger partial charge in [-0.3, -0.25) is 14.5 Å². The number of piperidine rings is 1. The summed E-state index contributed by atoms with van der Waals surface area (Å²) in [4.78, 5) is 34.6. The quantitative estimate of drug-likeness (QED) is 0.236. The number of carbonyl (C=O) groups excluding carboxylic acids is 1. The lowest BCUT2D eigenvalue weighted by atomic mass is 9.87. The summed E-state index contributed by atoms with van der Waals surface area (Å²) in [5.74, 6) is 2.01. The van der Waals surface area contributed by atoms with Crippen molar-refractivity contribution in [2.45, 2.75) is 53.4 Å². The summed E-state index contributed by atoms with van der Waals surface area (Å²) in [7, 11) is 1.65. The smallest absolute Gasteiger partial charge is 0.307 e. The van der Waals surface area contributed by atoms with Gasteiger partial charge >= 0.3 is 5.97 Å². The number of methoxy groups -OCH3 is 1. The summed E-state index contributed by atoms with van der Waals surface area (Å²) < 4.78 is 11.9. The zero-order chi connectivity index (χ0) is 32.1. The number of pyridine rings is 1. The topological polar surface area (TPSA) is 92.2 Å². The molecule has 2 heterocycles. The Hall–Kier alpha value is -4.07. The zero-order valence-electron chi connectivity index (χ0n) is 27.2. The Morgan fingerprint density at radius 2 is 1.84 bits per heavy atom. The SMILES string of the molecule is COc1ccc(C(=O)N(CC(C)(C)C)c2ccccn2)c(N2CC[C@H](COc3cccc(CC(C(=O)O)C4CC4)c3)[C@@H](C)C2)c1. The summed E-state index contributed by atoms with van der Waals surface area (Å²) in [6.45, 7) is 11.3. The van der Waals surface area contributed by atoms with Crippen LogP contribution < -0.4 is 19.3 Å². The molecule has 1 saturated heterocycles. The number of carbonyl (C=O) groups is 2. The van der Waals surface area contributed by atoms with E-state index in [4.69, 9.17) is 9.47 Å². The monoisotopic (exact) mass is 613 g/mol. The van der Waals surface area contributed by atoms with Crippen LogP contribution in [0.3, 0.4) is 0 Å². The van der Waals surface area contributed by atoms with Crippen molar-refractivity contribution < 1.29 is 24.2 Å². The van der Waals surface area contributed by atoms with Crippen LogP contribution in [0, 0.1) is 29.1 Å². The highest BCUT2D eigenvalue weighted by atomic mass is 16.5. The van der Waals surface area contributed by atoms with Gasteiger partial charge in [0.2, 0.25) is 0 Å². The van der Waals surface area contributed by atoms with Crippen LogP contribution >= 0.6 is 0 Å². The molecule has 8 heteroatoms. The van der Waals surface area contributed by atoms with Gasteiger partial charge in [-0.25, -0.2) is 4.98 Å². The summed E-state index contributed by atoms with van der Waals surface area (Å²) in [5.41, 5.74) is 2.39. The molecule has 8 nitrogen and oxygen atoms in total. The lowest BCUT2D eigenvalue weighted by Crippen LogP contribution is -2.43. The Bertz CT molecular complexity index is 1470. The third kappa shape index (κ3) is 8.35. The molecule has 240 valence electrons. The molecule has 1 unspecified atom stereocenters. The molecule has 2 aliphatic rings. The molecule has 1 N–H and O–H groups in total. The van der Waals surface area contributed by atoms with Gasteiger partial charge in [0, 0.05) is 31.9 Å². The third-order valence-corrected chi connectivity index (χ3v) is 8.99. The number of benzene rings is 2. The van der Waals surface area contributed by atoms with Gasteiger partial charge in [-0.15, -0.1) is 0 Å². The predicted octanol–water partition coefficient (Wildman–Crippen LogP) is 6.98. The minimum absolute atomic E-state index is 0.0777. The lowest BCUT2D eigenvalue weighted by molar-refractivity contribution is -0.142. The highest BCUT2D eigenvalue weighted by Gasteiger charge is 2.36. The van der Waals surface area contributed by atoms with Gasteiger partial charge in [0.1, 0.15) is 17.3 Å². The average molecular weight is 614 g/mol. The number of amides is 1. The summed E-state index contributed by atoms with van der Waals surface area (Å²) in [5, 5.41) is 9.66. The van der Waals surface area contributed by atoms with Crippen LogP contribution in [0.2, 0.25) is 0 Å². The number of aliphatic carboxylic acids is 1. The fraction of sp³-hybridized carbons (Fsp3) is 0.486. The second kappa shape index (κ2) is 13.9. The molecule has 1 amide bonds. The summed E-state index contributed by atoms with van der Waals surface area (Å²) in [6, 6.07) is 19.3. The standard InChI is InChI=1S/C37H47N3O5/c1-25-22-39(18-16-28(25)23-45-30-10-8-9-26(19-30)20-32(36(42)43)27-12-13-27)33-21-29(44-5)14-15-31(33)35(41)40(24-37(2,3)4)34-11-6-7-17-38-34/h6-11,14-15,17,19,21,25,27-28,32H,12-13,16,18,20,22-24H2,1-5H3,(H,42,43)/t25-,28+,32?/m0/s1. The Labute approximate surface area is 267 Å². The van der Waals surface area contributed by atoms with E-state index in [1.807, 2.05) is 60.7 Å². The molecule has 0 radical (unpaired) electrons. The molecule has 2 fully saturated rings. The van der Waals surface area contributed by atoms with Gasteiger partial charge in [0.15, 0.2) is 0 Å². The van der Waals surface area contributed by atoms with Crippen molar-refractivity contribution in [3.63, 3.8) is 0 Å². The van der Waals surface area contributed by atoms with E-state index < -0.39 is 5.97 Å². The molecule has 1 aliphatic heterocycles. The second-order valence-corrected chi connectivity index (χ2v) is 13.9. The van der Waals surface area contributed by atoms with Crippen LogP contribution in [0.15, 0.2) is 66.9 Å². The molecule has 3 aromatic rings. The molecule has 5 rings (SSSR count). The first kappa shape index (κ1) is 32.3. The maximum atomic E-state index is 14.2. The molecule has 0 bridgehead atoms. The molecule has 1 aliphatic carbocycles. The first-order chi connectivity index (χ1) is 21.5. The maximum absolute atomic E-state index is 14.2. The highest BCUT2D eigenvalue weighted by Crippen LogP contribution is 2.39. The van der Waals surface area contributed by atoms with Crippen LogP contribution in [0.25, 0.3) is 0 Å². The Balaban J connectivity index is 1.28. The molecule has 1 aromatic heterocycles. The maximum Gasteiger partial charge on any atom is 0.307 e. The first-order valence-corrected chi connectivity index (χ1v) is 16.1. The van der Waals surface area contributed by atoms with Crippen LogP contribution in [-0.2, 0) is 11.2 Å². The highest BCUT2D eigenvalue weighted by molar-refractivity contribution is 6.09. The lowest BCUT2D eigenvalue weighted by Gasteiger charge is -2.39. The van der Waals surface area contributed by atoms with Gasteiger partial charge in [-0.05, 0) is 90.8 Å². The zero-order valence-corrected chi connectivity index (χ0v) is 27.2. The number of hydrogen-bond donors (Lipinski definition) is 1. The Kier molecular flexibility index (Phi) is 10.0. The van der Waals surface area contributed by atoms with E-state index in [1.54, 1.807) is 18.2 Å². The van der Waals surface area contributed by atoms with Crippen LogP contribution in [-0.4, -0.2) is 55.3 Å². The van der Waals surface area contributed by atoms with Crippen molar-refractivity contribution >= 4 is 23.4 Å². The number of aromatic nitrogens is 1. The van der Waals surface area contributed by atoms with Gasteiger partial charge in [-0.1, -0.05) is 45.9 Å². The van der Waals surface area contributed by atoms with E-state index >= 15 is 0 Å². The van der Waals surface area contributed by atoms with E-state index in [9.17, 15) is 14.7 Å². The van der Waals surface area contributed by atoms with E-state index in [-0.39, 0.29) is 17.2 Å². The fourth-order valence-electron chi connectivity index (χ4n) is 6.31.